The van der Waals surface area contributed by atoms with Gasteiger partial charge in [-0.05, 0) is 42.8 Å². The Morgan fingerprint density at radius 2 is 1.63 bits per heavy atom. The van der Waals surface area contributed by atoms with Gasteiger partial charge in [-0.25, -0.2) is 9.97 Å². The summed E-state index contributed by atoms with van der Waals surface area (Å²) in [6.45, 7) is 4.59. The van der Waals surface area contributed by atoms with Crippen LogP contribution in [0.1, 0.15) is 21.6 Å². The van der Waals surface area contributed by atoms with Crippen molar-refractivity contribution in [1.82, 2.24) is 19.9 Å². The van der Waals surface area contributed by atoms with Gasteiger partial charge in [0.1, 0.15) is 0 Å². The van der Waals surface area contributed by atoms with Crippen LogP contribution >= 0.6 is 0 Å². The van der Waals surface area contributed by atoms with Gasteiger partial charge in [-0.2, -0.15) is 0 Å². The molecule has 2 aromatic carbocycles. The highest BCUT2D eigenvalue weighted by molar-refractivity contribution is 6.12. The number of pyridine rings is 1. The molecule has 3 heterocycles. The third kappa shape index (κ3) is 5.11. The molecule has 0 aliphatic carbocycles. The second kappa shape index (κ2) is 9.89. The van der Waals surface area contributed by atoms with Crippen LogP contribution in [0, 0.1) is 6.92 Å². The smallest absolute Gasteiger partial charge is 0.256 e. The molecule has 1 aliphatic heterocycles. The first-order valence-corrected chi connectivity index (χ1v) is 11.6. The molecule has 1 aliphatic rings. The van der Waals surface area contributed by atoms with Gasteiger partial charge in [0, 0.05) is 55.3 Å². The van der Waals surface area contributed by atoms with Gasteiger partial charge in [0.2, 0.25) is 11.9 Å². The summed E-state index contributed by atoms with van der Waals surface area (Å²) in [5, 5.41) is 3.78. The van der Waals surface area contributed by atoms with E-state index in [4.69, 9.17) is 0 Å². The van der Waals surface area contributed by atoms with Crippen molar-refractivity contribution in [3.63, 3.8) is 0 Å². The third-order valence-corrected chi connectivity index (χ3v) is 6.12. The Bertz CT molecular complexity index is 1350. The standard InChI is InChI=1S/C27H26N6O2/c1-19-17-23(22-5-2-3-6-24(22)30-19)26(35)31-21-9-7-20(8-10-21)18-25(34)32-13-15-33(16-14-32)27-28-11-4-12-29-27/h2-12,17H,13-16,18H2,1H3,(H,31,35). The van der Waals surface area contributed by atoms with E-state index in [9.17, 15) is 9.59 Å². The molecule has 0 bridgehead atoms. The van der Waals surface area contributed by atoms with Crippen molar-refractivity contribution in [3.8, 4) is 0 Å². The molecular formula is C27H26N6O2. The lowest BCUT2D eigenvalue weighted by molar-refractivity contribution is -0.130. The number of anilines is 2. The summed E-state index contributed by atoms with van der Waals surface area (Å²) in [4.78, 5) is 42.8. The third-order valence-electron chi connectivity index (χ3n) is 6.12. The molecule has 8 heteroatoms. The van der Waals surface area contributed by atoms with Crippen LogP contribution in [0.4, 0.5) is 11.6 Å². The summed E-state index contributed by atoms with van der Waals surface area (Å²) in [5.74, 6) is 0.608. The molecule has 8 nitrogen and oxygen atoms in total. The van der Waals surface area contributed by atoms with Crippen LogP contribution in [-0.2, 0) is 11.2 Å². The fourth-order valence-electron chi connectivity index (χ4n) is 4.30. The number of piperazine rings is 1. The maximum atomic E-state index is 13.0. The minimum atomic E-state index is -0.184. The number of benzene rings is 2. The van der Waals surface area contributed by atoms with E-state index in [-0.39, 0.29) is 11.8 Å². The number of carbonyl (C=O) groups is 2. The molecule has 2 amide bonds. The lowest BCUT2D eigenvalue weighted by Gasteiger charge is -2.34. The van der Waals surface area contributed by atoms with E-state index in [0.717, 1.165) is 22.2 Å². The Morgan fingerprint density at radius 3 is 2.37 bits per heavy atom. The fourth-order valence-corrected chi connectivity index (χ4v) is 4.30. The quantitative estimate of drug-likeness (QED) is 0.484. The molecule has 5 rings (SSSR count). The van der Waals surface area contributed by atoms with E-state index >= 15 is 0 Å². The monoisotopic (exact) mass is 466 g/mol. The molecular weight excluding hydrogens is 440 g/mol. The Balaban J connectivity index is 1.18. The number of rotatable bonds is 5. The number of carbonyl (C=O) groups excluding carboxylic acids is 2. The van der Waals surface area contributed by atoms with Crippen molar-refractivity contribution in [3.05, 3.63) is 89.9 Å². The molecule has 0 saturated carbocycles. The van der Waals surface area contributed by atoms with E-state index in [1.165, 1.54) is 0 Å². The number of aromatic nitrogens is 3. The molecule has 2 aromatic heterocycles. The normalized spacial score (nSPS) is 13.6. The van der Waals surface area contributed by atoms with Crippen molar-refractivity contribution >= 4 is 34.4 Å². The molecule has 35 heavy (non-hydrogen) atoms. The molecule has 4 aromatic rings. The highest BCUT2D eigenvalue weighted by Crippen LogP contribution is 2.20. The van der Waals surface area contributed by atoms with Crippen LogP contribution in [-0.4, -0.2) is 57.8 Å². The zero-order chi connectivity index (χ0) is 24.2. The van der Waals surface area contributed by atoms with Crippen molar-refractivity contribution in [2.24, 2.45) is 0 Å². The van der Waals surface area contributed by atoms with Crippen LogP contribution in [0.15, 0.2) is 73.1 Å². The average molecular weight is 467 g/mol. The molecule has 1 fully saturated rings. The van der Waals surface area contributed by atoms with Gasteiger partial charge in [-0.1, -0.05) is 30.3 Å². The van der Waals surface area contributed by atoms with E-state index in [1.54, 1.807) is 24.5 Å². The van der Waals surface area contributed by atoms with Crippen LogP contribution in [0.2, 0.25) is 0 Å². The van der Waals surface area contributed by atoms with Gasteiger partial charge in [0.25, 0.3) is 5.91 Å². The molecule has 1 saturated heterocycles. The number of fused-ring (bicyclic) bond motifs is 1. The van der Waals surface area contributed by atoms with E-state index < -0.39 is 0 Å². The number of hydrogen-bond acceptors (Lipinski definition) is 6. The van der Waals surface area contributed by atoms with Crippen LogP contribution in [0.5, 0.6) is 0 Å². The second-order valence-electron chi connectivity index (χ2n) is 8.57. The van der Waals surface area contributed by atoms with Gasteiger partial charge in [0.15, 0.2) is 0 Å². The maximum absolute atomic E-state index is 13.0. The molecule has 176 valence electrons. The number of hydrogen-bond donors (Lipinski definition) is 1. The maximum Gasteiger partial charge on any atom is 0.256 e. The highest BCUT2D eigenvalue weighted by atomic mass is 16.2. The summed E-state index contributed by atoms with van der Waals surface area (Å²) in [5.41, 5.74) is 3.77. The van der Waals surface area contributed by atoms with Crippen molar-refractivity contribution in [2.45, 2.75) is 13.3 Å². The lowest BCUT2D eigenvalue weighted by atomic mass is 10.1. The Hall–Kier alpha value is -4.33. The van der Waals surface area contributed by atoms with Crippen LogP contribution in [0.3, 0.4) is 0 Å². The molecule has 1 N–H and O–H groups in total. The number of amides is 2. The highest BCUT2D eigenvalue weighted by Gasteiger charge is 2.22. The molecule has 0 unspecified atom stereocenters. The molecule has 0 atom stereocenters. The summed E-state index contributed by atoms with van der Waals surface area (Å²) in [6.07, 6.45) is 3.78. The zero-order valence-electron chi connectivity index (χ0n) is 19.5. The van der Waals surface area contributed by atoms with Gasteiger partial charge < -0.3 is 15.1 Å². The number of nitrogens with zero attached hydrogens (tertiary/aromatic N) is 5. The van der Waals surface area contributed by atoms with Crippen LogP contribution in [0.25, 0.3) is 10.9 Å². The van der Waals surface area contributed by atoms with Gasteiger partial charge in [0.05, 0.1) is 17.5 Å². The predicted octanol–water partition coefficient (Wildman–Crippen LogP) is 3.48. The largest absolute Gasteiger partial charge is 0.339 e. The number of nitrogens with one attached hydrogen (secondary N) is 1. The number of para-hydroxylation sites is 1. The summed E-state index contributed by atoms with van der Waals surface area (Å²) < 4.78 is 0. The minimum absolute atomic E-state index is 0.0918. The fraction of sp³-hybridized carbons (Fsp3) is 0.222. The van der Waals surface area contributed by atoms with Gasteiger partial charge in [-0.15, -0.1) is 0 Å². The summed E-state index contributed by atoms with van der Waals surface area (Å²) >= 11 is 0. The summed E-state index contributed by atoms with van der Waals surface area (Å²) in [6, 6.07) is 18.7. The predicted molar refractivity (Wildman–Crippen MR) is 135 cm³/mol. The Labute approximate surface area is 203 Å². The van der Waals surface area contributed by atoms with Crippen molar-refractivity contribution in [1.29, 1.82) is 0 Å². The van der Waals surface area contributed by atoms with Gasteiger partial charge >= 0.3 is 0 Å². The first-order valence-electron chi connectivity index (χ1n) is 11.6. The van der Waals surface area contributed by atoms with E-state index in [0.29, 0.717) is 49.8 Å². The second-order valence-corrected chi connectivity index (χ2v) is 8.57. The zero-order valence-corrected chi connectivity index (χ0v) is 19.5. The lowest BCUT2D eigenvalue weighted by Crippen LogP contribution is -2.49. The van der Waals surface area contributed by atoms with E-state index in [1.807, 2.05) is 60.4 Å². The molecule has 0 radical (unpaired) electrons. The average Bonchev–Trinajstić information content (AvgIpc) is 2.90. The first kappa shape index (κ1) is 22.5. The SMILES string of the molecule is Cc1cc(C(=O)Nc2ccc(CC(=O)N3CCN(c4ncccn4)CC3)cc2)c2ccccc2n1. The number of aryl methyl sites for hydroxylation is 1. The van der Waals surface area contributed by atoms with E-state index in [2.05, 4.69) is 25.2 Å². The first-order chi connectivity index (χ1) is 17.1. The Kier molecular flexibility index (Phi) is 6.34. The van der Waals surface area contributed by atoms with Gasteiger partial charge in [-0.3, -0.25) is 14.6 Å². The Morgan fingerprint density at radius 1 is 0.914 bits per heavy atom. The van der Waals surface area contributed by atoms with Crippen molar-refractivity contribution < 1.29 is 9.59 Å². The minimum Gasteiger partial charge on any atom is -0.339 e. The van der Waals surface area contributed by atoms with Crippen LogP contribution < -0.4 is 10.2 Å². The topological polar surface area (TPSA) is 91.3 Å². The molecule has 0 spiro atoms. The summed E-state index contributed by atoms with van der Waals surface area (Å²) in [7, 11) is 0. The van der Waals surface area contributed by atoms with Crippen molar-refractivity contribution in [2.75, 3.05) is 36.4 Å².